The van der Waals surface area contributed by atoms with Crippen molar-refractivity contribution >= 4 is 5.97 Å². The number of aliphatic carboxylic acids is 1. The zero-order valence-corrected chi connectivity index (χ0v) is 12.1. The Morgan fingerprint density at radius 1 is 1.32 bits per heavy atom. The van der Waals surface area contributed by atoms with Crippen LogP contribution in [0.25, 0.3) is 0 Å². The lowest BCUT2D eigenvalue weighted by molar-refractivity contribution is -0.142. The molecule has 122 valence electrons. The zero-order chi connectivity index (χ0) is 16.3. The summed E-state index contributed by atoms with van der Waals surface area (Å²) in [5.41, 5.74) is -0.711. The Morgan fingerprint density at radius 2 is 1.95 bits per heavy atom. The number of hydrogen-bond donors (Lipinski definition) is 1. The van der Waals surface area contributed by atoms with E-state index in [4.69, 9.17) is 9.84 Å². The molecule has 0 unspecified atom stereocenters. The van der Waals surface area contributed by atoms with Gasteiger partial charge in [-0.3, -0.25) is 9.69 Å². The van der Waals surface area contributed by atoms with E-state index in [1.54, 1.807) is 0 Å². The van der Waals surface area contributed by atoms with Crippen molar-refractivity contribution in [3.05, 3.63) is 29.8 Å². The van der Waals surface area contributed by atoms with E-state index in [9.17, 15) is 18.0 Å². The summed E-state index contributed by atoms with van der Waals surface area (Å²) >= 11 is 0. The van der Waals surface area contributed by atoms with Crippen molar-refractivity contribution in [2.45, 2.75) is 13.1 Å². The zero-order valence-electron chi connectivity index (χ0n) is 12.1. The number of benzene rings is 1. The largest absolute Gasteiger partial charge is 0.492 e. The molecular weight excluding hydrogens is 299 g/mol. The summed E-state index contributed by atoms with van der Waals surface area (Å²) in [5, 5.41) is 9.05. The van der Waals surface area contributed by atoms with Crippen LogP contribution in [-0.4, -0.2) is 42.2 Å². The second-order valence-corrected chi connectivity index (χ2v) is 5.55. The maximum atomic E-state index is 12.4. The van der Waals surface area contributed by atoms with Crippen LogP contribution < -0.4 is 4.74 Å². The minimum absolute atomic E-state index is 0.0866. The van der Waals surface area contributed by atoms with Crippen molar-refractivity contribution in [1.82, 2.24) is 4.90 Å². The molecule has 2 rings (SSSR count). The normalized spacial score (nSPS) is 22.7. The van der Waals surface area contributed by atoms with E-state index >= 15 is 0 Å². The van der Waals surface area contributed by atoms with Crippen molar-refractivity contribution < 1.29 is 27.8 Å². The van der Waals surface area contributed by atoms with Gasteiger partial charge in [0.2, 0.25) is 0 Å². The molecule has 1 aliphatic heterocycles. The fraction of sp³-hybridized carbons (Fsp3) is 0.533. The van der Waals surface area contributed by atoms with Gasteiger partial charge in [-0.2, -0.15) is 13.2 Å². The Morgan fingerprint density at radius 3 is 2.45 bits per heavy atom. The number of alkyl halides is 3. The molecule has 1 saturated heterocycles. The van der Waals surface area contributed by atoms with Crippen LogP contribution in [0.2, 0.25) is 0 Å². The summed E-state index contributed by atoms with van der Waals surface area (Å²) in [6, 6.07) is 4.53. The van der Waals surface area contributed by atoms with E-state index in [1.165, 1.54) is 12.1 Å². The Kier molecular flexibility index (Phi) is 4.95. The fourth-order valence-corrected chi connectivity index (χ4v) is 2.60. The van der Waals surface area contributed by atoms with Crippen molar-refractivity contribution in [2.24, 2.45) is 11.8 Å². The SMILES string of the molecule is C[C@@H]1CN(CCOc2ccc(C(F)(F)F)cc2)C[C@H]1C(=O)O. The Labute approximate surface area is 126 Å². The topological polar surface area (TPSA) is 49.8 Å². The summed E-state index contributed by atoms with van der Waals surface area (Å²) in [4.78, 5) is 13.0. The lowest BCUT2D eigenvalue weighted by Crippen LogP contribution is -2.27. The summed E-state index contributed by atoms with van der Waals surface area (Å²) in [7, 11) is 0. The number of halogens is 3. The maximum absolute atomic E-state index is 12.4. The van der Waals surface area contributed by atoms with Crippen LogP contribution in [0.4, 0.5) is 13.2 Å². The summed E-state index contributed by atoms with van der Waals surface area (Å²) in [6.07, 6.45) is -4.35. The van der Waals surface area contributed by atoms with Gasteiger partial charge in [0.1, 0.15) is 12.4 Å². The minimum atomic E-state index is -4.35. The Balaban J connectivity index is 1.79. The lowest BCUT2D eigenvalue weighted by Gasteiger charge is -2.16. The third kappa shape index (κ3) is 4.13. The third-order valence-electron chi connectivity index (χ3n) is 3.86. The quantitative estimate of drug-likeness (QED) is 0.907. The molecule has 0 aliphatic carbocycles. The third-order valence-corrected chi connectivity index (χ3v) is 3.86. The van der Waals surface area contributed by atoms with Crippen molar-refractivity contribution in [3.63, 3.8) is 0 Å². The van der Waals surface area contributed by atoms with Gasteiger partial charge in [0.05, 0.1) is 11.5 Å². The Bertz CT molecular complexity index is 516. The second kappa shape index (κ2) is 6.56. The lowest BCUT2D eigenvalue weighted by atomic mass is 9.99. The number of hydrogen-bond acceptors (Lipinski definition) is 3. The number of nitrogens with zero attached hydrogens (tertiary/aromatic N) is 1. The molecular formula is C15H18F3NO3. The molecule has 1 fully saturated rings. The Hall–Kier alpha value is -1.76. The van der Waals surface area contributed by atoms with Gasteiger partial charge in [0.15, 0.2) is 0 Å². The number of rotatable bonds is 5. The van der Waals surface area contributed by atoms with Crippen molar-refractivity contribution in [3.8, 4) is 5.75 Å². The van der Waals surface area contributed by atoms with E-state index < -0.39 is 17.7 Å². The average Bonchev–Trinajstić information content (AvgIpc) is 2.80. The minimum Gasteiger partial charge on any atom is -0.492 e. The first-order valence-corrected chi connectivity index (χ1v) is 7.02. The average molecular weight is 317 g/mol. The number of carbonyl (C=O) groups is 1. The highest BCUT2D eigenvalue weighted by Crippen LogP contribution is 2.30. The smallest absolute Gasteiger partial charge is 0.416 e. The molecule has 0 saturated carbocycles. The fourth-order valence-electron chi connectivity index (χ4n) is 2.60. The molecule has 0 aromatic heterocycles. The first-order chi connectivity index (χ1) is 10.3. The van der Waals surface area contributed by atoms with Crippen LogP contribution in [-0.2, 0) is 11.0 Å². The van der Waals surface area contributed by atoms with Crippen molar-refractivity contribution in [2.75, 3.05) is 26.2 Å². The van der Waals surface area contributed by atoms with Crippen LogP contribution in [0.1, 0.15) is 12.5 Å². The predicted octanol–water partition coefficient (Wildman–Crippen LogP) is 2.74. The number of carboxylic acid groups (broad SMARTS) is 1. The molecule has 22 heavy (non-hydrogen) atoms. The highest BCUT2D eigenvalue weighted by Gasteiger charge is 2.34. The van der Waals surface area contributed by atoms with Crippen LogP contribution in [0.5, 0.6) is 5.75 Å². The second-order valence-electron chi connectivity index (χ2n) is 5.55. The van der Waals surface area contributed by atoms with Gasteiger partial charge in [-0.1, -0.05) is 6.92 Å². The molecule has 0 radical (unpaired) electrons. The van der Waals surface area contributed by atoms with Gasteiger partial charge < -0.3 is 9.84 Å². The van der Waals surface area contributed by atoms with Gasteiger partial charge in [-0.15, -0.1) is 0 Å². The molecule has 4 nitrogen and oxygen atoms in total. The molecule has 1 heterocycles. The van der Waals surface area contributed by atoms with E-state index in [1.807, 2.05) is 11.8 Å². The standard InChI is InChI=1S/C15H18F3NO3/c1-10-8-19(9-13(10)14(20)21)6-7-22-12-4-2-11(3-5-12)15(16,17)18/h2-5,10,13H,6-9H2,1H3,(H,20,21)/t10-,13-/m1/s1. The highest BCUT2D eigenvalue weighted by molar-refractivity contribution is 5.71. The van der Waals surface area contributed by atoms with Gasteiger partial charge in [0, 0.05) is 19.6 Å². The first kappa shape index (κ1) is 16.6. The molecule has 0 amide bonds. The summed E-state index contributed by atoms with van der Waals surface area (Å²) in [5.74, 6) is -0.705. The molecule has 1 aliphatic rings. The molecule has 1 N–H and O–H groups in total. The molecule has 7 heteroatoms. The number of carboxylic acids is 1. The van der Waals surface area contributed by atoms with E-state index in [0.29, 0.717) is 32.0 Å². The van der Waals surface area contributed by atoms with Gasteiger partial charge >= 0.3 is 12.1 Å². The number of likely N-dealkylation sites (tertiary alicyclic amines) is 1. The van der Waals surface area contributed by atoms with Crippen LogP contribution in [0.3, 0.4) is 0 Å². The van der Waals surface area contributed by atoms with E-state index in [-0.39, 0.29) is 11.8 Å². The molecule has 1 aromatic carbocycles. The van der Waals surface area contributed by atoms with Gasteiger partial charge in [-0.25, -0.2) is 0 Å². The maximum Gasteiger partial charge on any atom is 0.416 e. The molecule has 2 atom stereocenters. The van der Waals surface area contributed by atoms with E-state index in [0.717, 1.165) is 12.1 Å². The summed E-state index contributed by atoms with van der Waals surface area (Å²) < 4.78 is 42.7. The monoisotopic (exact) mass is 317 g/mol. The van der Waals surface area contributed by atoms with Crippen LogP contribution >= 0.6 is 0 Å². The molecule has 0 bridgehead atoms. The predicted molar refractivity (Wildman–Crippen MR) is 73.7 cm³/mol. The highest BCUT2D eigenvalue weighted by atomic mass is 19.4. The number of ether oxygens (including phenoxy) is 1. The molecule has 0 spiro atoms. The first-order valence-electron chi connectivity index (χ1n) is 7.02. The van der Waals surface area contributed by atoms with Crippen LogP contribution in [0, 0.1) is 11.8 Å². The van der Waals surface area contributed by atoms with Crippen molar-refractivity contribution in [1.29, 1.82) is 0 Å². The molecule has 1 aromatic rings. The van der Waals surface area contributed by atoms with E-state index in [2.05, 4.69) is 0 Å². The summed E-state index contributed by atoms with van der Waals surface area (Å²) in [6.45, 7) is 3.93. The van der Waals surface area contributed by atoms with Gasteiger partial charge in [0.25, 0.3) is 0 Å². The van der Waals surface area contributed by atoms with Crippen LogP contribution in [0.15, 0.2) is 24.3 Å². The van der Waals surface area contributed by atoms with Gasteiger partial charge in [-0.05, 0) is 30.2 Å².